The van der Waals surface area contributed by atoms with Gasteiger partial charge in [0.15, 0.2) is 0 Å². The molecule has 1 aromatic heterocycles. The topological polar surface area (TPSA) is 68.4 Å². The van der Waals surface area contributed by atoms with Gasteiger partial charge in [-0.1, -0.05) is 0 Å². The van der Waals surface area contributed by atoms with Gasteiger partial charge in [-0.25, -0.2) is 4.37 Å². The Bertz CT molecular complexity index is 258. The number of nitrogens with two attached hydrogens (primary N) is 1. The summed E-state index contributed by atoms with van der Waals surface area (Å²) >= 11 is 1.34. The van der Waals surface area contributed by atoms with Crippen molar-refractivity contribution >= 4 is 11.5 Å². The lowest BCUT2D eigenvalue weighted by Gasteiger charge is -2.40. The van der Waals surface area contributed by atoms with Crippen LogP contribution in [0.25, 0.3) is 0 Å². The molecule has 1 atom stereocenters. The fourth-order valence-electron chi connectivity index (χ4n) is 1.17. The first-order valence-corrected chi connectivity index (χ1v) is 4.51. The Morgan fingerprint density at radius 1 is 1.75 bits per heavy atom. The van der Waals surface area contributed by atoms with Crippen LogP contribution >= 0.6 is 11.5 Å². The summed E-state index contributed by atoms with van der Waals surface area (Å²) in [5.41, 5.74) is 5.82. The minimum atomic E-state index is -0.872. The second kappa shape index (κ2) is 2.77. The van der Waals surface area contributed by atoms with Crippen LogP contribution in [0.2, 0.25) is 0 Å². The SMILES string of the molecule is NC(c1cnsc1)C1(O)COC1. The molecule has 0 aliphatic carbocycles. The van der Waals surface area contributed by atoms with E-state index in [4.69, 9.17) is 10.5 Å². The van der Waals surface area contributed by atoms with Crippen LogP contribution in [0.1, 0.15) is 11.6 Å². The van der Waals surface area contributed by atoms with Gasteiger partial charge in [0.25, 0.3) is 0 Å². The first-order valence-electron chi connectivity index (χ1n) is 3.67. The molecule has 0 bridgehead atoms. The lowest BCUT2D eigenvalue weighted by atomic mass is 9.89. The van der Waals surface area contributed by atoms with E-state index in [1.54, 1.807) is 6.20 Å². The van der Waals surface area contributed by atoms with Crippen molar-refractivity contribution in [2.24, 2.45) is 5.73 Å². The van der Waals surface area contributed by atoms with Gasteiger partial charge in [0.1, 0.15) is 5.60 Å². The van der Waals surface area contributed by atoms with Crippen molar-refractivity contribution in [3.05, 3.63) is 17.1 Å². The second-order valence-corrected chi connectivity index (χ2v) is 3.69. The Balaban J connectivity index is 2.14. The van der Waals surface area contributed by atoms with Gasteiger partial charge in [-0.05, 0) is 11.5 Å². The fourth-order valence-corrected chi connectivity index (χ4v) is 1.74. The van der Waals surface area contributed by atoms with Gasteiger partial charge < -0.3 is 15.6 Å². The Hall–Kier alpha value is -0.490. The summed E-state index contributed by atoms with van der Waals surface area (Å²) in [6.45, 7) is 0.647. The monoisotopic (exact) mass is 186 g/mol. The largest absolute Gasteiger partial charge is 0.383 e. The minimum Gasteiger partial charge on any atom is -0.383 e. The molecular weight excluding hydrogens is 176 g/mol. The molecule has 0 amide bonds. The predicted molar refractivity (Wildman–Crippen MR) is 44.8 cm³/mol. The van der Waals surface area contributed by atoms with Gasteiger partial charge in [0.05, 0.1) is 19.3 Å². The Morgan fingerprint density at radius 2 is 2.50 bits per heavy atom. The third kappa shape index (κ3) is 1.15. The number of rotatable bonds is 2. The van der Waals surface area contributed by atoms with Crippen molar-refractivity contribution < 1.29 is 9.84 Å². The first kappa shape index (κ1) is 8.12. The van der Waals surface area contributed by atoms with Crippen LogP contribution in [-0.2, 0) is 4.74 Å². The Labute approximate surface area is 74.1 Å². The quantitative estimate of drug-likeness (QED) is 0.677. The molecule has 4 nitrogen and oxygen atoms in total. The number of aromatic nitrogens is 1. The number of ether oxygens (including phenoxy) is 1. The van der Waals surface area contributed by atoms with Crippen molar-refractivity contribution in [2.75, 3.05) is 13.2 Å². The Morgan fingerprint density at radius 3 is 2.92 bits per heavy atom. The Kier molecular flexibility index (Phi) is 1.88. The zero-order valence-corrected chi connectivity index (χ0v) is 7.25. The van der Waals surface area contributed by atoms with Crippen molar-refractivity contribution in [3.8, 4) is 0 Å². The lowest BCUT2D eigenvalue weighted by molar-refractivity contribution is -0.190. The zero-order valence-electron chi connectivity index (χ0n) is 6.43. The number of nitrogens with zero attached hydrogens (tertiary/aromatic N) is 1. The normalized spacial score (nSPS) is 23.2. The van der Waals surface area contributed by atoms with Gasteiger partial charge in [-0.3, -0.25) is 0 Å². The first-order chi connectivity index (χ1) is 5.72. The van der Waals surface area contributed by atoms with Crippen LogP contribution in [0.4, 0.5) is 0 Å². The number of hydrogen-bond donors (Lipinski definition) is 2. The summed E-state index contributed by atoms with van der Waals surface area (Å²) in [6.07, 6.45) is 1.69. The van der Waals surface area contributed by atoms with E-state index >= 15 is 0 Å². The predicted octanol–water partition coefficient (Wildman–Crippen LogP) is -0.0958. The smallest absolute Gasteiger partial charge is 0.130 e. The molecule has 3 N–H and O–H groups in total. The molecule has 66 valence electrons. The molecule has 0 saturated carbocycles. The van der Waals surface area contributed by atoms with E-state index in [9.17, 15) is 5.11 Å². The van der Waals surface area contributed by atoms with E-state index in [0.717, 1.165) is 5.56 Å². The standard InChI is InChI=1S/C7H10N2O2S/c8-6(5-1-9-12-2-5)7(10)3-11-4-7/h1-2,6,10H,3-4,8H2. The van der Waals surface area contributed by atoms with E-state index < -0.39 is 5.60 Å². The molecule has 2 rings (SSSR count). The minimum absolute atomic E-state index is 0.323. The molecule has 0 radical (unpaired) electrons. The number of hydrogen-bond acceptors (Lipinski definition) is 5. The van der Waals surface area contributed by atoms with Crippen LogP contribution in [0, 0.1) is 0 Å². The van der Waals surface area contributed by atoms with Gasteiger partial charge in [0.2, 0.25) is 0 Å². The molecule has 5 heteroatoms. The summed E-state index contributed by atoms with van der Waals surface area (Å²) in [7, 11) is 0. The molecule has 12 heavy (non-hydrogen) atoms. The van der Waals surface area contributed by atoms with Crippen molar-refractivity contribution in [1.29, 1.82) is 0 Å². The fraction of sp³-hybridized carbons (Fsp3) is 0.571. The maximum absolute atomic E-state index is 9.78. The molecule has 0 spiro atoms. The lowest BCUT2D eigenvalue weighted by Crippen LogP contribution is -2.56. The van der Waals surface area contributed by atoms with Crippen molar-refractivity contribution in [1.82, 2.24) is 4.37 Å². The third-order valence-electron chi connectivity index (χ3n) is 2.09. The summed E-state index contributed by atoms with van der Waals surface area (Å²) in [6, 6.07) is -0.370. The molecule has 1 fully saturated rings. The maximum Gasteiger partial charge on any atom is 0.130 e. The zero-order chi connectivity index (χ0) is 8.60. The molecule has 1 aliphatic rings. The van der Waals surface area contributed by atoms with Gasteiger partial charge >= 0.3 is 0 Å². The van der Waals surface area contributed by atoms with Crippen LogP contribution in [0.3, 0.4) is 0 Å². The summed E-state index contributed by atoms with van der Waals surface area (Å²) < 4.78 is 8.83. The van der Waals surface area contributed by atoms with Gasteiger partial charge in [-0.2, -0.15) is 0 Å². The van der Waals surface area contributed by atoms with Crippen LogP contribution < -0.4 is 5.73 Å². The van der Waals surface area contributed by atoms with E-state index in [1.807, 2.05) is 5.38 Å². The molecule has 1 saturated heterocycles. The number of aliphatic hydroxyl groups is 1. The van der Waals surface area contributed by atoms with Gasteiger partial charge in [0, 0.05) is 17.1 Å². The highest BCUT2D eigenvalue weighted by atomic mass is 32.1. The molecule has 0 aromatic carbocycles. The van der Waals surface area contributed by atoms with E-state index in [2.05, 4.69) is 4.37 Å². The summed E-state index contributed by atoms with van der Waals surface area (Å²) in [5, 5.41) is 11.6. The summed E-state index contributed by atoms with van der Waals surface area (Å²) in [5.74, 6) is 0. The average Bonchev–Trinajstić information content (AvgIpc) is 2.50. The summed E-state index contributed by atoms with van der Waals surface area (Å²) in [4.78, 5) is 0. The molecule has 1 aliphatic heterocycles. The van der Waals surface area contributed by atoms with Crippen LogP contribution in [0.15, 0.2) is 11.6 Å². The highest BCUT2D eigenvalue weighted by Gasteiger charge is 2.43. The van der Waals surface area contributed by atoms with Crippen molar-refractivity contribution in [3.63, 3.8) is 0 Å². The third-order valence-corrected chi connectivity index (χ3v) is 2.70. The maximum atomic E-state index is 9.78. The van der Waals surface area contributed by atoms with E-state index in [-0.39, 0.29) is 6.04 Å². The molecule has 2 heterocycles. The molecule has 1 unspecified atom stereocenters. The van der Waals surface area contributed by atoms with Crippen LogP contribution in [0.5, 0.6) is 0 Å². The highest BCUT2D eigenvalue weighted by molar-refractivity contribution is 7.03. The van der Waals surface area contributed by atoms with Crippen molar-refractivity contribution in [2.45, 2.75) is 11.6 Å². The van der Waals surface area contributed by atoms with Gasteiger partial charge in [-0.15, -0.1) is 0 Å². The van der Waals surface area contributed by atoms with Crippen LogP contribution in [-0.4, -0.2) is 28.3 Å². The second-order valence-electron chi connectivity index (χ2n) is 3.03. The van der Waals surface area contributed by atoms with E-state index in [0.29, 0.717) is 13.2 Å². The molecule has 1 aromatic rings. The highest BCUT2D eigenvalue weighted by Crippen LogP contribution is 2.30. The molecular formula is C7H10N2O2S. The van der Waals surface area contributed by atoms with E-state index in [1.165, 1.54) is 11.5 Å². The average molecular weight is 186 g/mol.